The van der Waals surface area contributed by atoms with Crippen LogP contribution in [0.1, 0.15) is 29.7 Å². The van der Waals surface area contributed by atoms with Gasteiger partial charge in [-0.1, -0.05) is 47.7 Å². The molecule has 1 N–H and O–H groups in total. The number of benzene rings is 3. The summed E-state index contributed by atoms with van der Waals surface area (Å²) in [6, 6.07) is 16.7. The molecule has 2 atom stereocenters. The molecular weight excluding hydrogens is 536 g/mol. The Hall–Kier alpha value is -4.14. The SMILES string of the molecule is C=CCOc1ccc([C@H]2C(=C(O)c3ccc4c(c3)C[C@@H](C)O4)C(=O)C(=O)N2c2nc3ccc(Cl)cc3s2)cc1. The molecule has 4 aromatic rings. The monoisotopic (exact) mass is 558 g/mol. The van der Waals surface area contributed by atoms with Gasteiger partial charge in [-0.3, -0.25) is 14.5 Å². The number of carbonyl (C=O) groups excluding carboxylic acids is 2. The predicted molar refractivity (Wildman–Crippen MR) is 152 cm³/mol. The number of halogens is 1. The molecule has 39 heavy (non-hydrogen) atoms. The molecule has 196 valence electrons. The highest BCUT2D eigenvalue weighted by atomic mass is 35.5. The Bertz CT molecular complexity index is 1680. The van der Waals surface area contributed by atoms with Crippen LogP contribution in [0.3, 0.4) is 0 Å². The standard InChI is InChI=1S/C30H23ClN2O5S/c1-3-12-37-21-8-4-17(5-9-21)26-25(27(34)18-6-11-23-19(14-18)13-16(2)38-23)28(35)29(36)33(26)30-32-22-10-7-20(31)15-24(22)39-30/h3-11,14-16,26,34H,1,12-13H2,2H3/t16-,26+/m1/s1. The van der Waals surface area contributed by atoms with Crippen LogP contribution in [0.2, 0.25) is 5.02 Å². The van der Waals surface area contributed by atoms with Crippen molar-refractivity contribution >= 4 is 55.7 Å². The molecule has 3 aromatic carbocycles. The maximum Gasteiger partial charge on any atom is 0.301 e. The van der Waals surface area contributed by atoms with E-state index >= 15 is 0 Å². The normalized spacial score (nSPS) is 19.8. The van der Waals surface area contributed by atoms with Crippen molar-refractivity contribution in [2.45, 2.75) is 25.5 Å². The van der Waals surface area contributed by atoms with E-state index in [1.54, 1.807) is 60.7 Å². The number of ether oxygens (including phenoxy) is 2. The van der Waals surface area contributed by atoms with Crippen molar-refractivity contribution in [3.63, 3.8) is 0 Å². The third kappa shape index (κ3) is 4.45. The molecule has 0 spiro atoms. The van der Waals surface area contributed by atoms with Crippen LogP contribution < -0.4 is 14.4 Å². The molecule has 0 aliphatic carbocycles. The fourth-order valence-electron chi connectivity index (χ4n) is 4.96. The Balaban J connectivity index is 1.50. The van der Waals surface area contributed by atoms with Gasteiger partial charge in [0.25, 0.3) is 5.78 Å². The molecule has 1 aromatic heterocycles. The number of thiazole rings is 1. The van der Waals surface area contributed by atoms with Crippen molar-refractivity contribution in [3.8, 4) is 11.5 Å². The van der Waals surface area contributed by atoms with E-state index in [-0.39, 0.29) is 17.4 Å². The van der Waals surface area contributed by atoms with E-state index in [1.807, 2.05) is 13.0 Å². The summed E-state index contributed by atoms with van der Waals surface area (Å²) in [6.45, 7) is 5.97. The minimum atomic E-state index is -0.905. The molecule has 2 aliphatic rings. The van der Waals surface area contributed by atoms with Crippen molar-refractivity contribution in [1.82, 2.24) is 4.98 Å². The summed E-state index contributed by atoms with van der Waals surface area (Å²) in [5.74, 6) is -0.444. The molecule has 0 radical (unpaired) electrons. The van der Waals surface area contributed by atoms with Gasteiger partial charge in [-0.05, 0) is 66.6 Å². The topological polar surface area (TPSA) is 89.0 Å². The Labute approximate surface area is 233 Å². The number of hydrogen-bond donors (Lipinski definition) is 1. The van der Waals surface area contributed by atoms with Crippen LogP contribution in [0.25, 0.3) is 16.0 Å². The number of ketones is 1. The zero-order chi connectivity index (χ0) is 27.3. The summed E-state index contributed by atoms with van der Waals surface area (Å²) in [5, 5.41) is 12.4. The summed E-state index contributed by atoms with van der Waals surface area (Å²) in [4.78, 5) is 33.1. The molecule has 1 saturated heterocycles. The number of anilines is 1. The first-order valence-electron chi connectivity index (χ1n) is 12.3. The Kier molecular flexibility index (Phi) is 6.37. The van der Waals surface area contributed by atoms with Gasteiger partial charge in [0.15, 0.2) is 5.13 Å². The number of rotatable bonds is 6. The molecule has 2 aliphatic heterocycles. The Morgan fingerprint density at radius 1 is 1.21 bits per heavy atom. The van der Waals surface area contributed by atoms with E-state index in [1.165, 1.54) is 16.2 Å². The largest absolute Gasteiger partial charge is 0.507 e. The van der Waals surface area contributed by atoms with Gasteiger partial charge < -0.3 is 14.6 Å². The first-order chi connectivity index (χ1) is 18.8. The van der Waals surface area contributed by atoms with Crippen molar-refractivity contribution in [2.24, 2.45) is 0 Å². The zero-order valence-electron chi connectivity index (χ0n) is 20.9. The molecule has 0 saturated carbocycles. The van der Waals surface area contributed by atoms with E-state index in [9.17, 15) is 14.7 Å². The number of fused-ring (bicyclic) bond motifs is 2. The lowest BCUT2D eigenvalue weighted by Crippen LogP contribution is -2.29. The van der Waals surface area contributed by atoms with Crippen LogP contribution in [0.4, 0.5) is 5.13 Å². The first kappa shape index (κ1) is 25.2. The predicted octanol–water partition coefficient (Wildman–Crippen LogP) is 6.46. The van der Waals surface area contributed by atoms with E-state index < -0.39 is 17.7 Å². The molecule has 0 unspecified atom stereocenters. The van der Waals surface area contributed by atoms with Gasteiger partial charge in [-0.15, -0.1) is 0 Å². The van der Waals surface area contributed by atoms with E-state index in [0.29, 0.717) is 45.6 Å². The number of hydrogen-bond acceptors (Lipinski definition) is 7. The van der Waals surface area contributed by atoms with Crippen molar-refractivity contribution in [3.05, 3.63) is 101 Å². The Morgan fingerprint density at radius 2 is 2.00 bits per heavy atom. The van der Waals surface area contributed by atoms with Crippen LogP contribution in [0.5, 0.6) is 11.5 Å². The third-order valence-corrected chi connectivity index (χ3v) is 7.98. The van der Waals surface area contributed by atoms with Crippen molar-refractivity contribution in [1.29, 1.82) is 0 Å². The van der Waals surface area contributed by atoms with Gasteiger partial charge in [0.1, 0.15) is 30.0 Å². The van der Waals surface area contributed by atoms with Crippen LogP contribution in [0, 0.1) is 0 Å². The minimum absolute atomic E-state index is 0.0102. The lowest BCUT2D eigenvalue weighted by Gasteiger charge is -2.23. The lowest BCUT2D eigenvalue weighted by molar-refractivity contribution is -0.132. The molecule has 3 heterocycles. The maximum atomic E-state index is 13.5. The van der Waals surface area contributed by atoms with Crippen molar-refractivity contribution in [2.75, 3.05) is 11.5 Å². The number of amides is 1. The second-order valence-corrected chi connectivity index (χ2v) is 10.8. The highest BCUT2D eigenvalue weighted by Crippen LogP contribution is 2.45. The van der Waals surface area contributed by atoms with Gasteiger partial charge in [0.2, 0.25) is 0 Å². The van der Waals surface area contributed by atoms with Gasteiger partial charge in [0.05, 0.1) is 21.8 Å². The van der Waals surface area contributed by atoms with Gasteiger partial charge in [0, 0.05) is 17.0 Å². The molecule has 1 amide bonds. The van der Waals surface area contributed by atoms with Crippen LogP contribution in [-0.2, 0) is 16.0 Å². The Morgan fingerprint density at radius 3 is 2.77 bits per heavy atom. The number of Topliss-reactive ketones (excluding diaryl/α,β-unsaturated/α-hetero) is 1. The fourth-order valence-corrected chi connectivity index (χ4v) is 6.23. The van der Waals surface area contributed by atoms with E-state index in [0.717, 1.165) is 16.0 Å². The summed E-state index contributed by atoms with van der Waals surface area (Å²) in [5.41, 5.74) is 2.64. The molecule has 9 heteroatoms. The second kappa shape index (κ2) is 9.87. The number of nitrogens with zero attached hydrogens (tertiary/aromatic N) is 2. The quantitative estimate of drug-likeness (QED) is 0.126. The number of aromatic nitrogens is 1. The van der Waals surface area contributed by atoms with Crippen molar-refractivity contribution < 1.29 is 24.2 Å². The van der Waals surface area contributed by atoms with Gasteiger partial charge in [-0.25, -0.2) is 4.98 Å². The zero-order valence-corrected chi connectivity index (χ0v) is 22.5. The average Bonchev–Trinajstić information content (AvgIpc) is 3.59. The van der Waals surface area contributed by atoms with Crippen LogP contribution in [-0.4, -0.2) is 34.5 Å². The molecule has 6 rings (SSSR count). The smallest absolute Gasteiger partial charge is 0.301 e. The number of aliphatic hydroxyl groups is 1. The lowest BCUT2D eigenvalue weighted by atomic mass is 9.94. The number of aliphatic hydroxyl groups excluding tert-OH is 1. The minimum Gasteiger partial charge on any atom is -0.507 e. The molecule has 1 fully saturated rings. The maximum absolute atomic E-state index is 13.5. The number of carbonyl (C=O) groups is 2. The highest BCUT2D eigenvalue weighted by Gasteiger charge is 2.48. The first-order valence-corrected chi connectivity index (χ1v) is 13.5. The van der Waals surface area contributed by atoms with E-state index in [4.69, 9.17) is 21.1 Å². The summed E-state index contributed by atoms with van der Waals surface area (Å²) >= 11 is 7.43. The summed E-state index contributed by atoms with van der Waals surface area (Å²) < 4.78 is 12.2. The second-order valence-electron chi connectivity index (χ2n) is 9.40. The van der Waals surface area contributed by atoms with Gasteiger partial charge >= 0.3 is 5.91 Å². The fraction of sp³-hybridized carbons (Fsp3) is 0.167. The highest BCUT2D eigenvalue weighted by molar-refractivity contribution is 7.22. The van der Waals surface area contributed by atoms with Crippen LogP contribution >= 0.6 is 22.9 Å². The molecule has 0 bridgehead atoms. The third-order valence-electron chi connectivity index (χ3n) is 6.72. The van der Waals surface area contributed by atoms with Crippen LogP contribution in [0.15, 0.2) is 78.9 Å². The summed E-state index contributed by atoms with van der Waals surface area (Å²) in [6.07, 6.45) is 2.36. The molecule has 7 nitrogen and oxygen atoms in total. The molecular formula is C30H23ClN2O5S. The summed E-state index contributed by atoms with van der Waals surface area (Å²) in [7, 11) is 0. The average molecular weight is 559 g/mol. The van der Waals surface area contributed by atoms with E-state index in [2.05, 4.69) is 11.6 Å². The van der Waals surface area contributed by atoms with Gasteiger partial charge in [-0.2, -0.15) is 0 Å².